The third-order valence-corrected chi connectivity index (χ3v) is 6.00. The van der Waals surface area contributed by atoms with Crippen LogP contribution in [-0.4, -0.2) is 46.5 Å². The Kier molecular flexibility index (Phi) is 6.25. The Morgan fingerprint density at radius 1 is 1.12 bits per heavy atom. The van der Waals surface area contributed by atoms with Crippen LogP contribution in [0.2, 0.25) is 0 Å². The Labute approximate surface area is 185 Å². The van der Waals surface area contributed by atoms with Crippen molar-refractivity contribution >= 4 is 40.1 Å². The van der Waals surface area contributed by atoms with Crippen molar-refractivity contribution in [3.63, 3.8) is 0 Å². The van der Waals surface area contributed by atoms with Gasteiger partial charge in [0.1, 0.15) is 11.5 Å². The molecule has 3 amide bonds. The molecule has 0 spiro atoms. The molecule has 1 aliphatic carbocycles. The first-order valence-electron chi connectivity index (χ1n) is 11.0. The minimum absolute atomic E-state index is 0.0586. The summed E-state index contributed by atoms with van der Waals surface area (Å²) in [6.07, 6.45) is 6.72. The second kappa shape index (κ2) is 9.25. The predicted octanol–water partition coefficient (Wildman–Crippen LogP) is 3.44. The summed E-state index contributed by atoms with van der Waals surface area (Å²) in [5.41, 5.74) is 2.03. The monoisotopic (exact) mass is 436 g/mol. The van der Waals surface area contributed by atoms with Crippen molar-refractivity contribution < 1.29 is 14.4 Å². The summed E-state index contributed by atoms with van der Waals surface area (Å²) < 4.78 is 0. The fraction of sp³-hybridized carbons (Fsp3) is 0.391. The third kappa shape index (κ3) is 4.23. The molecule has 0 radical (unpaired) electrons. The van der Waals surface area contributed by atoms with E-state index in [2.05, 4.69) is 25.8 Å². The van der Waals surface area contributed by atoms with E-state index in [-0.39, 0.29) is 23.4 Å². The maximum Gasteiger partial charge on any atom is 0.274 e. The average Bonchev–Trinajstić information content (AvgIpc) is 3.46. The molecule has 9 heteroatoms. The van der Waals surface area contributed by atoms with Crippen molar-refractivity contribution in [1.82, 2.24) is 20.5 Å². The smallest absolute Gasteiger partial charge is 0.274 e. The highest BCUT2D eigenvalue weighted by Crippen LogP contribution is 2.32. The van der Waals surface area contributed by atoms with Crippen LogP contribution in [0.3, 0.4) is 0 Å². The van der Waals surface area contributed by atoms with Gasteiger partial charge in [-0.1, -0.05) is 19.3 Å². The average molecular weight is 437 g/mol. The lowest BCUT2D eigenvalue weighted by Crippen LogP contribution is -2.33. The van der Waals surface area contributed by atoms with E-state index >= 15 is 0 Å². The van der Waals surface area contributed by atoms with Crippen LogP contribution in [-0.2, 0) is 4.79 Å². The van der Waals surface area contributed by atoms with Gasteiger partial charge in [0.2, 0.25) is 5.91 Å². The highest BCUT2D eigenvalue weighted by atomic mass is 16.2. The molecule has 32 heavy (non-hydrogen) atoms. The molecule has 0 bridgehead atoms. The van der Waals surface area contributed by atoms with Gasteiger partial charge in [-0.3, -0.25) is 19.5 Å². The first kappa shape index (κ1) is 21.6. The number of hydrogen-bond acceptors (Lipinski definition) is 4. The topological polar surface area (TPSA) is 123 Å². The molecule has 1 fully saturated rings. The fourth-order valence-corrected chi connectivity index (χ4v) is 4.29. The Hall–Kier alpha value is -3.62. The second-order valence-electron chi connectivity index (χ2n) is 8.12. The Bertz CT molecular complexity index is 1130. The van der Waals surface area contributed by atoms with Crippen molar-refractivity contribution in [2.24, 2.45) is 5.92 Å². The van der Waals surface area contributed by atoms with Crippen molar-refractivity contribution in [3.8, 4) is 0 Å². The quantitative estimate of drug-likeness (QED) is 0.473. The number of nitrogens with one attached hydrogen (secondary N) is 4. The van der Waals surface area contributed by atoms with E-state index < -0.39 is 5.91 Å². The van der Waals surface area contributed by atoms with E-state index in [4.69, 9.17) is 0 Å². The lowest BCUT2D eigenvalue weighted by atomic mass is 9.88. The van der Waals surface area contributed by atoms with Gasteiger partial charge >= 0.3 is 0 Å². The van der Waals surface area contributed by atoms with Gasteiger partial charge in [-0.15, -0.1) is 0 Å². The molecule has 3 aromatic rings. The van der Waals surface area contributed by atoms with Crippen LogP contribution in [0.5, 0.6) is 0 Å². The number of amides is 3. The predicted molar refractivity (Wildman–Crippen MR) is 123 cm³/mol. The van der Waals surface area contributed by atoms with Crippen LogP contribution in [0, 0.1) is 5.92 Å². The molecule has 4 rings (SSSR count). The van der Waals surface area contributed by atoms with Crippen LogP contribution in [0.15, 0.2) is 30.5 Å². The van der Waals surface area contributed by atoms with Gasteiger partial charge in [0.05, 0.1) is 5.56 Å². The summed E-state index contributed by atoms with van der Waals surface area (Å²) in [6.45, 7) is 2.29. The van der Waals surface area contributed by atoms with Crippen LogP contribution in [0.1, 0.15) is 59.9 Å². The second-order valence-corrected chi connectivity index (χ2v) is 8.12. The molecule has 2 aromatic heterocycles. The molecule has 1 aliphatic rings. The molecule has 0 saturated heterocycles. The molecule has 0 unspecified atom stereocenters. The molecule has 2 heterocycles. The van der Waals surface area contributed by atoms with Crippen molar-refractivity contribution in [2.75, 3.05) is 23.8 Å². The molecule has 0 atom stereocenters. The van der Waals surface area contributed by atoms with E-state index in [1.807, 2.05) is 25.1 Å². The van der Waals surface area contributed by atoms with E-state index in [0.717, 1.165) is 31.4 Å². The number of rotatable bonds is 6. The summed E-state index contributed by atoms with van der Waals surface area (Å²) >= 11 is 0. The number of aromatic amines is 2. The van der Waals surface area contributed by atoms with Gasteiger partial charge < -0.3 is 20.5 Å². The molecule has 1 saturated carbocycles. The summed E-state index contributed by atoms with van der Waals surface area (Å²) in [5.74, 6) is -0.234. The van der Waals surface area contributed by atoms with Crippen LogP contribution >= 0.6 is 0 Å². The van der Waals surface area contributed by atoms with Gasteiger partial charge in [-0.05, 0) is 44.0 Å². The summed E-state index contributed by atoms with van der Waals surface area (Å²) in [4.78, 5) is 43.1. The minimum atomic E-state index is -0.413. The normalized spacial score (nSPS) is 14.3. The van der Waals surface area contributed by atoms with Crippen molar-refractivity contribution in [3.05, 3.63) is 41.7 Å². The number of fused-ring (bicyclic) bond motifs is 1. The third-order valence-electron chi connectivity index (χ3n) is 6.00. The number of aromatic nitrogens is 3. The maximum absolute atomic E-state index is 13.0. The van der Waals surface area contributed by atoms with E-state index in [1.165, 1.54) is 12.6 Å². The Morgan fingerprint density at radius 3 is 2.59 bits per heavy atom. The summed E-state index contributed by atoms with van der Waals surface area (Å²) in [5, 5.41) is 12.6. The first-order valence-corrected chi connectivity index (χ1v) is 11.0. The lowest BCUT2D eigenvalue weighted by molar-refractivity contribution is -0.123. The maximum atomic E-state index is 13.0. The number of carbonyl (C=O) groups is 3. The Morgan fingerprint density at radius 2 is 1.91 bits per heavy atom. The summed E-state index contributed by atoms with van der Waals surface area (Å²) in [7, 11) is 1.78. The van der Waals surface area contributed by atoms with Crippen LogP contribution in [0.25, 0.3) is 10.9 Å². The molecule has 9 nitrogen and oxygen atoms in total. The largest absolute Gasteiger partial charge is 0.352 e. The molecular formula is C23H28N6O3. The molecule has 0 aliphatic heterocycles. The zero-order chi connectivity index (χ0) is 22.7. The number of nitrogens with zero attached hydrogens (tertiary/aromatic N) is 2. The van der Waals surface area contributed by atoms with Gasteiger partial charge in [0.25, 0.3) is 11.8 Å². The molecular weight excluding hydrogens is 408 g/mol. The van der Waals surface area contributed by atoms with Crippen molar-refractivity contribution in [1.29, 1.82) is 0 Å². The minimum Gasteiger partial charge on any atom is -0.352 e. The van der Waals surface area contributed by atoms with E-state index in [9.17, 15) is 14.4 Å². The molecule has 168 valence electrons. The highest BCUT2D eigenvalue weighted by Gasteiger charge is 2.26. The molecule has 1 aromatic carbocycles. The van der Waals surface area contributed by atoms with Crippen LogP contribution < -0.4 is 15.5 Å². The fourth-order valence-electron chi connectivity index (χ4n) is 4.29. The number of anilines is 2. The van der Waals surface area contributed by atoms with E-state index in [0.29, 0.717) is 28.8 Å². The standard InChI is InChI=1S/C23H28N6O3/c1-3-24-22(31)19-16-10-9-15(29(2)23(32)14-7-5-4-6-8-14)13-18(16)26-20(19)27-21(30)17-11-12-25-28-17/h9-14,26H,3-8H2,1-2H3,(H,24,31)(H,25,28)(H,27,30). The zero-order valence-electron chi connectivity index (χ0n) is 18.3. The van der Waals surface area contributed by atoms with Gasteiger partial charge in [-0.2, -0.15) is 5.10 Å². The summed E-state index contributed by atoms with van der Waals surface area (Å²) in [6, 6.07) is 7.03. The van der Waals surface area contributed by atoms with E-state index in [1.54, 1.807) is 18.0 Å². The lowest BCUT2D eigenvalue weighted by Gasteiger charge is -2.26. The zero-order valence-corrected chi connectivity index (χ0v) is 18.3. The number of carbonyl (C=O) groups excluding carboxylic acids is 3. The number of hydrogen-bond donors (Lipinski definition) is 4. The van der Waals surface area contributed by atoms with Crippen LogP contribution in [0.4, 0.5) is 11.5 Å². The molecule has 4 N–H and O–H groups in total. The van der Waals surface area contributed by atoms with Gasteiger partial charge in [0.15, 0.2) is 0 Å². The van der Waals surface area contributed by atoms with Gasteiger partial charge in [-0.25, -0.2) is 0 Å². The highest BCUT2D eigenvalue weighted by molar-refractivity contribution is 6.15. The number of H-pyrrole nitrogens is 2. The number of benzene rings is 1. The van der Waals surface area contributed by atoms with Gasteiger partial charge in [0, 0.05) is 42.3 Å². The Balaban J connectivity index is 1.67. The van der Waals surface area contributed by atoms with Crippen molar-refractivity contribution in [2.45, 2.75) is 39.0 Å². The first-order chi connectivity index (χ1) is 15.5. The SMILES string of the molecule is CCNC(=O)c1c(NC(=O)c2ccn[nH]2)[nH]c2cc(N(C)C(=O)C3CCCCC3)ccc12.